The summed E-state index contributed by atoms with van der Waals surface area (Å²) in [7, 11) is 2.17. The summed E-state index contributed by atoms with van der Waals surface area (Å²) in [6.07, 6.45) is 6.26. The predicted molar refractivity (Wildman–Crippen MR) is 80.9 cm³/mol. The van der Waals surface area contributed by atoms with E-state index in [1.54, 1.807) is 0 Å². The second-order valence-corrected chi connectivity index (χ2v) is 7.06. The molecule has 1 aliphatic heterocycles. The minimum absolute atomic E-state index is 0.494. The van der Waals surface area contributed by atoms with Crippen molar-refractivity contribution in [3.8, 4) is 0 Å². The molecule has 1 aliphatic carbocycles. The molecule has 0 spiro atoms. The number of rotatable bonds is 3. The highest BCUT2D eigenvalue weighted by molar-refractivity contribution is 5.75. The lowest BCUT2D eigenvalue weighted by Gasteiger charge is -2.45. The van der Waals surface area contributed by atoms with Gasteiger partial charge in [0.2, 0.25) is 0 Å². The first-order chi connectivity index (χ1) is 9.44. The second-order valence-electron chi connectivity index (χ2n) is 7.06. The number of carboxylic acid groups (broad SMARTS) is 1. The van der Waals surface area contributed by atoms with Crippen molar-refractivity contribution in [3.05, 3.63) is 0 Å². The molecule has 4 nitrogen and oxygen atoms in total. The van der Waals surface area contributed by atoms with Crippen LogP contribution in [-0.4, -0.2) is 59.6 Å². The fourth-order valence-corrected chi connectivity index (χ4v) is 3.92. The molecule has 0 radical (unpaired) electrons. The van der Waals surface area contributed by atoms with Gasteiger partial charge < -0.3 is 5.11 Å². The van der Waals surface area contributed by atoms with Crippen molar-refractivity contribution in [2.45, 2.75) is 64.5 Å². The quantitative estimate of drug-likeness (QED) is 0.808. The summed E-state index contributed by atoms with van der Waals surface area (Å²) < 4.78 is 0. The smallest absolute Gasteiger partial charge is 0.310 e. The van der Waals surface area contributed by atoms with Crippen LogP contribution in [0, 0.1) is 5.41 Å². The van der Waals surface area contributed by atoms with Gasteiger partial charge in [0.1, 0.15) is 0 Å². The Balaban J connectivity index is 2.06. The van der Waals surface area contributed by atoms with Crippen molar-refractivity contribution < 1.29 is 9.90 Å². The first-order valence-corrected chi connectivity index (χ1v) is 8.12. The van der Waals surface area contributed by atoms with Crippen LogP contribution >= 0.6 is 0 Å². The van der Waals surface area contributed by atoms with Crippen LogP contribution in [0.5, 0.6) is 0 Å². The van der Waals surface area contributed by atoms with E-state index in [0.717, 1.165) is 45.3 Å². The molecule has 0 aromatic heterocycles. The van der Waals surface area contributed by atoms with Gasteiger partial charge in [-0.1, -0.05) is 25.7 Å². The van der Waals surface area contributed by atoms with Gasteiger partial charge in [-0.25, -0.2) is 0 Å². The molecule has 2 atom stereocenters. The van der Waals surface area contributed by atoms with Gasteiger partial charge in [0.05, 0.1) is 5.41 Å². The third kappa shape index (κ3) is 3.34. The van der Waals surface area contributed by atoms with E-state index in [9.17, 15) is 9.90 Å². The molecule has 1 saturated heterocycles. The van der Waals surface area contributed by atoms with Crippen LogP contribution in [-0.2, 0) is 4.79 Å². The summed E-state index contributed by atoms with van der Waals surface area (Å²) in [5.41, 5.74) is -0.494. The number of hydrogen-bond acceptors (Lipinski definition) is 3. The van der Waals surface area contributed by atoms with E-state index >= 15 is 0 Å². The Hall–Kier alpha value is -0.610. The van der Waals surface area contributed by atoms with Crippen LogP contribution in [0.4, 0.5) is 0 Å². The van der Waals surface area contributed by atoms with Gasteiger partial charge in [0.25, 0.3) is 0 Å². The average Bonchev–Trinajstić information content (AvgIpc) is 2.62. The highest BCUT2D eigenvalue weighted by Gasteiger charge is 2.41. The highest BCUT2D eigenvalue weighted by atomic mass is 16.4. The standard InChI is InChI=1S/C16H30N2O2/c1-13-10-18(11-14(2)17(13)3)12-16(15(19)20)8-6-4-5-7-9-16/h13-14H,4-12H2,1-3H3,(H,19,20). The van der Waals surface area contributed by atoms with E-state index in [1.807, 2.05) is 0 Å². The van der Waals surface area contributed by atoms with Gasteiger partial charge in [0, 0.05) is 31.7 Å². The van der Waals surface area contributed by atoms with Gasteiger partial charge in [-0.15, -0.1) is 0 Å². The van der Waals surface area contributed by atoms with Crippen LogP contribution in [0.25, 0.3) is 0 Å². The molecule has 0 bridgehead atoms. The van der Waals surface area contributed by atoms with Crippen molar-refractivity contribution in [2.75, 3.05) is 26.7 Å². The largest absolute Gasteiger partial charge is 0.481 e. The van der Waals surface area contributed by atoms with E-state index in [2.05, 4.69) is 30.7 Å². The second kappa shape index (κ2) is 6.44. The van der Waals surface area contributed by atoms with Crippen LogP contribution < -0.4 is 0 Å². The lowest BCUT2D eigenvalue weighted by atomic mass is 9.79. The van der Waals surface area contributed by atoms with Crippen molar-refractivity contribution in [3.63, 3.8) is 0 Å². The summed E-state index contributed by atoms with van der Waals surface area (Å²) in [5, 5.41) is 9.79. The monoisotopic (exact) mass is 282 g/mol. The average molecular weight is 282 g/mol. The summed E-state index contributed by atoms with van der Waals surface area (Å²) in [5.74, 6) is -0.571. The van der Waals surface area contributed by atoms with Crippen molar-refractivity contribution in [1.82, 2.24) is 9.80 Å². The van der Waals surface area contributed by atoms with E-state index in [0.29, 0.717) is 12.1 Å². The third-order valence-electron chi connectivity index (χ3n) is 5.48. The molecule has 4 heteroatoms. The molecule has 0 aromatic rings. The van der Waals surface area contributed by atoms with Crippen LogP contribution in [0.1, 0.15) is 52.4 Å². The first-order valence-electron chi connectivity index (χ1n) is 8.12. The summed E-state index contributed by atoms with van der Waals surface area (Å²) in [6.45, 7) is 7.21. The maximum absolute atomic E-state index is 11.9. The Morgan fingerprint density at radius 1 is 1.10 bits per heavy atom. The lowest BCUT2D eigenvalue weighted by Crippen LogP contribution is -2.57. The SMILES string of the molecule is CC1CN(CC2(C(=O)O)CCCCCC2)CC(C)N1C. The highest BCUT2D eigenvalue weighted by Crippen LogP contribution is 2.37. The molecule has 1 heterocycles. The number of carbonyl (C=O) groups is 1. The van der Waals surface area contributed by atoms with Crippen LogP contribution in [0.15, 0.2) is 0 Å². The minimum Gasteiger partial charge on any atom is -0.481 e. The zero-order valence-corrected chi connectivity index (χ0v) is 13.3. The predicted octanol–water partition coefficient (Wildman–Crippen LogP) is 2.44. The number of piperazine rings is 1. The zero-order chi connectivity index (χ0) is 14.8. The molecule has 2 aliphatic rings. The number of nitrogens with zero attached hydrogens (tertiary/aromatic N) is 2. The Bertz CT molecular complexity index is 325. The third-order valence-corrected chi connectivity index (χ3v) is 5.48. The Morgan fingerprint density at radius 3 is 2.05 bits per heavy atom. The molecular formula is C16H30N2O2. The number of carboxylic acids is 1. The lowest BCUT2D eigenvalue weighted by molar-refractivity contribution is -0.152. The van der Waals surface area contributed by atoms with Gasteiger partial charge in [0.15, 0.2) is 0 Å². The summed E-state index contributed by atoms with van der Waals surface area (Å²) >= 11 is 0. The van der Waals surface area contributed by atoms with Gasteiger partial charge in [-0.05, 0) is 33.7 Å². The fourth-order valence-electron chi connectivity index (χ4n) is 3.92. The molecule has 2 unspecified atom stereocenters. The maximum atomic E-state index is 11.9. The van der Waals surface area contributed by atoms with E-state index in [-0.39, 0.29) is 0 Å². The first kappa shape index (κ1) is 15.8. The van der Waals surface area contributed by atoms with Crippen molar-refractivity contribution >= 4 is 5.97 Å². The molecule has 2 fully saturated rings. The molecule has 0 amide bonds. The topological polar surface area (TPSA) is 43.8 Å². The Morgan fingerprint density at radius 2 is 1.60 bits per heavy atom. The van der Waals surface area contributed by atoms with Crippen LogP contribution in [0.3, 0.4) is 0 Å². The molecule has 1 N–H and O–H groups in total. The Kier molecular flexibility index (Phi) is 5.08. The molecule has 2 rings (SSSR count). The van der Waals surface area contributed by atoms with Gasteiger partial charge in [-0.3, -0.25) is 14.6 Å². The van der Waals surface area contributed by atoms with E-state index < -0.39 is 11.4 Å². The normalized spacial score (nSPS) is 32.8. The Labute approximate surface area is 123 Å². The minimum atomic E-state index is -0.571. The van der Waals surface area contributed by atoms with E-state index in [1.165, 1.54) is 12.8 Å². The molecule has 20 heavy (non-hydrogen) atoms. The van der Waals surface area contributed by atoms with Gasteiger partial charge in [-0.2, -0.15) is 0 Å². The van der Waals surface area contributed by atoms with Crippen molar-refractivity contribution in [2.24, 2.45) is 5.41 Å². The van der Waals surface area contributed by atoms with Crippen molar-refractivity contribution in [1.29, 1.82) is 0 Å². The van der Waals surface area contributed by atoms with Crippen LogP contribution in [0.2, 0.25) is 0 Å². The zero-order valence-electron chi connectivity index (χ0n) is 13.3. The molecule has 0 aromatic carbocycles. The molecule has 1 saturated carbocycles. The maximum Gasteiger partial charge on any atom is 0.310 e. The van der Waals surface area contributed by atoms with E-state index in [4.69, 9.17) is 0 Å². The molecule has 116 valence electrons. The number of aliphatic carboxylic acids is 1. The summed E-state index contributed by atoms with van der Waals surface area (Å²) in [4.78, 5) is 16.7. The van der Waals surface area contributed by atoms with Gasteiger partial charge >= 0.3 is 5.97 Å². The summed E-state index contributed by atoms with van der Waals surface area (Å²) in [6, 6.07) is 1.02. The molecular weight excluding hydrogens is 252 g/mol. The number of likely N-dealkylation sites (N-methyl/N-ethyl adjacent to an activating group) is 1. The number of hydrogen-bond donors (Lipinski definition) is 1. The fraction of sp³-hybridized carbons (Fsp3) is 0.938.